The molecule has 1 aromatic rings. The molecule has 1 aliphatic heterocycles. The standard InChI is InChI=1S/C21H35N3O4/c1-4-28-19-14-17(7-8-18(19)26-3)6-5-11-23-20(22-2)24-15-21(9-12-25)10-13-27-16-21/h7-8,14,25H,4-6,9-13,15-16H2,1-3H3,(H2,22,23,24). The number of nitrogens with one attached hydrogen (secondary N) is 2. The summed E-state index contributed by atoms with van der Waals surface area (Å²) in [6, 6.07) is 6.08. The Bertz CT molecular complexity index is 616. The largest absolute Gasteiger partial charge is 0.493 e. The summed E-state index contributed by atoms with van der Waals surface area (Å²) < 4.78 is 16.5. The van der Waals surface area contributed by atoms with Gasteiger partial charge in [-0.05, 0) is 50.3 Å². The molecule has 2 rings (SSSR count). The van der Waals surface area contributed by atoms with E-state index in [1.807, 2.05) is 19.1 Å². The van der Waals surface area contributed by atoms with Crippen molar-refractivity contribution in [1.82, 2.24) is 10.6 Å². The molecular formula is C21H35N3O4. The Balaban J connectivity index is 1.76. The van der Waals surface area contributed by atoms with Crippen LogP contribution in [-0.2, 0) is 11.2 Å². The van der Waals surface area contributed by atoms with E-state index in [0.29, 0.717) is 13.2 Å². The number of hydrogen-bond donors (Lipinski definition) is 3. The molecule has 0 spiro atoms. The number of rotatable bonds is 11. The molecule has 1 aromatic carbocycles. The first-order valence-electron chi connectivity index (χ1n) is 10.1. The van der Waals surface area contributed by atoms with Crippen molar-refractivity contribution in [1.29, 1.82) is 0 Å². The van der Waals surface area contributed by atoms with Crippen molar-refractivity contribution in [3.63, 3.8) is 0 Å². The maximum atomic E-state index is 9.34. The van der Waals surface area contributed by atoms with Crippen LogP contribution in [0.15, 0.2) is 23.2 Å². The number of guanidine groups is 1. The third-order valence-corrected chi connectivity index (χ3v) is 5.14. The summed E-state index contributed by atoms with van der Waals surface area (Å²) in [7, 11) is 3.43. The first-order valence-corrected chi connectivity index (χ1v) is 10.1. The zero-order valence-corrected chi connectivity index (χ0v) is 17.4. The minimum atomic E-state index is 0.00510. The highest BCUT2D eigenvalue weighted by molar-refractivity contribution is 5.79. The van der Waals surface area contributed by atoms with Crippen LogP contribution in [0, 0.1) is 5.41 Å². The van der Waals surface area contributed by atoms with Gasteiger partial charge in [-0.3, -0.25) is 4.99 Å². The summed E-state index contributed by atoms with van der Waals surface area (Å²) in [5.41, 5.74) is 1.23. The SMILES string of the molecule is CCOc1cc(CCCNC(=NC)NCC2(CCO)CCOC2)ccc1OC. The van der Waals surface area contributed by atoms with Gasteiger partial charge in [0.15, 0.2) is 17.5 Å². The number of aliphatic hydroxyl groups excluding tert-OH is 1. The minimum absolute atomic E-state index is 0.00510. The third-order valence-electron chi connectivity index (χ3n) is 5.14. The molecule has 1 atom stereocenters. The Hall–Kier alpha value is -1.99. The van der Waals surface area contributed by atoms with Gasteiger partial charge in [0.2, 0.25) is 0 Å². The molecule has 0 aliphatic carbocycles. The van der Waals surface area contributed by atoms with E-state index < -0.39 is 0 Å². The molecule has 1 heterocycles. The normalized spacial score (nSPS) is 19.5. The van der Waals surface area contributed by atoms with Crippen LogP contribution >= 0.6 is 0 Å². The molecule has 0 amide bonds. The molecule has 28 heavy (non-hydrogen) atoms. The van der Waals surface area contributed by atoms with Gasteiger partial charge < -0.3 is 30.0 Å². The molecule has 158 valence electrons. The Morgan fingerprint density at radius 3 is 2.82 bits per heavy atom. The van der Waals surface area contributed by atoms with Gasteiger partial charge in [0, 0.05) is 38.8 Å². The van der Waals surface area contributed by atoms with Gasteiger partial charge in [-0.1, -0.05) is 6.07 Å². The molecular weight excluding hydrogens is 358 g/mol. The monoisotopic (exact) mass is 393 g/mol. The number of ether oxygens (including phenoxy) is 3. The summed E-state index contributed by atoms with van der Waals surface area (Å²) >= 11 is 0. The quantitative estimate of drug-likeness (QED) is 0.303. The Morgan fingerprint density at radius 2 is 2.18 bits per heavy atom. The molecule has 3 N–H and O–H groups in total. The van der Waals surface area contributed by atoms with Gasteiger partial charge in [-0.25, -0.2) is 0 Å². The number of benzene rings is 1. The first kappa shape index (κ1) is 22.3. The maximum absolute atomic E-state index is 9.34. The van der Waals surface area contributed by atoms with E-state index in [2.05, 4.69) is 21.7 Å². The van der Waals surface area contributed by atoms with Gasteiger partial charge >= 0.3 is 0 Å². The summed E-state index contributed by atoms with van der Waals surface area (Å²) in [5, 5.41) is 16.1. The second kappa shape index (κ2) is 11.8. The van der Waals surface area contributed by atoms with E-state index in [4.69, 9.17) is 14.2 Å². The van der Waals surface area contributed by atoms with E-state index in [1.165, 1.54) is 5.56 Å². The van der Waals surface area contributed by atoms with Crippen LogP contribution < -0.4 is 20.1 Å². The number of aliphatic hydroxyl groups is 1. The lowest BCUT2D eigenvalue weighted by atomic mass is 9.84. The predicted octanol–water partition coefficient (Wildman–Crippen LogP) is 1.98. The van der Waals surface area contributed by atoms with Crippen molar-refractivity contribution in [3.8, 4) is 11.5 Å². The number of hydrogen-bond acceptors (Lipinski definition) is 5. The molecule has 1 unspecified atom stereocenters. The zero-order valence-electron chi connectivity index (χ0n) is 17.4. The van der Waals surface area contributed by atoms with Crippen molar-refractivity contribution >= 4 is 5.96 Å². The van der Waals surface area contributed by atoms with Crippen LogP contribution in [-0.4, -0.2) is 64.7 Å². The lowest BCUT2D eigenvalue weighted by Gasteiger charge is -2.27. The van der Waals surface area contributed by atoms with Crippen molar-refractivity contribution in [2.45, 2.75) is 32.6 Å². The number of aliphatic imine (C=N–C) groups is 1. The highest BCUT2D eigenvalue weighted by Gasteiger charge is 2.34. The summed E-state index contributed by atoms with van der Waals surface area (Å²) in [6.07, 6.45) is 3.63. The predicted molar refractivity (Wildman–Crippen MR) is 111 cm³/mol. The van der Waals surface area contributed by atoms with E-state index in [-0.39, 0.29) is 12.0 Å². The van der Waals surface area contributed by atoms with Crippen LogP contribution in [0.4, 0.5) is 0 Å². The van der Waals surface area contributed by atoms with Crippen LogP contribution in [0.2, 0.25) is 0 Å². The topological polar surface area (TPSA) is 84.3 Å². The Kier molecular flexibility index (Phi) is 9.37. The van der Waals surface area contributed by atoms with E-state index in [0.717, 1.165) is 62.8 Å². The third kappa shape index (κ3) is 6.56. The highest BCUT2D eigenvalue weighted by atomic mass is 16.5. The lowest BCUT2D eigenvalue weighted by molar-refractivity contribution is 0.127. The molecule has 0 saturated carbocycles. The van der Waals surface area contributed by atoms with Gasteiger partial charge in [0.05, 0.1) is 20.3 Å². The number of methoxy groups -OCH3 is 1. The first-order chi connectivity index (χ1) is 13.7. The fourth-order valence-corrected chi connectivity index (χ4v) is 3.45. The van der Waals surface area contributed by atoms with Crippen molar-refractivity contribution in [3.05, 3.63) is 23.8 Å². The van der Waals surface area contributed by atoms with Gasteiger partial charge in [0.25, 0.3) is 0 Å². The highest BCUT2D eigenvalue weighted by Crippen LogP contribution is 2.31. The number of aryl methyl sites for hydroxylation is 1. The van der Waals surface area contributed by atoms with E-state index in [1.54, 1.807) is 14.2 Å². The van der Waals surface area contributed by atoms with Crippen molar-refractivity contribution < 1.29 is 19.3 Å². The lowest BCUT2D eigenvalue weighted by Crippen LogP contribution is -2.44. The second-order valence-corrected chi connectivity index (χ2v) is 7.15. The fraction of sp³-hybridized carbons (Fsp3) is 0.667. The Labute approximate surface area is 168 Å². The fourth-order valence-electron chi connectivity index (χ4n) is 3.45. The molecule has 0 radical (unpaired) electrons. The van der Waals surface area contributed by atoms with Crippen molar-refractivity contribution in [2.75, 3.05) is 53.7 Å². The van der Waals surface area contributed by atoms with Crippen LogP contribution in [0.1, 0.15) is 31.7 Å². The summed E-state index contributed by atoms with van der Waals surface area (Å²) in [5.74, 6) is 2.34. The van der Waals surface area contributed by atoms with E-state index >= 15 is 0 Å². The van der Waals surface area contributed by atoms with Crippen LogP contribution in [0.5, 0.6) is 11.5 Å². The second-order valence-electron chi connectivity index (χ2n) is 7.15. The van der Waals surface area contributed by atoms with Crippen LogP contribution in [0.3, 0.4) is 0 Å². The molecule has 1 saturated heterocycles. The molecule has 1 aliphatic rings. The summed E-state index contributed by atoms with van der Waals surface area (Å²) in [6.45, 7) is 5.80. The Morgan fingerprint density at radius 1 is 1.32 bits per heavy atom. The molecule has 7 nitrogen and oxygen atoms in total. The molecule has 1 fully saturated rings. The maximum Gasteiger partial charge on any atom is 0.190 e. The van der Waals surface area contributed by atoms with Crippen LogP contribution in [0.25, 0.3) is 0 Å². The molecule has 0 bridgehead atoms. The minimum Gasteiger partial charge on any atom is -0.493 e. The average molecular weight is 394 g/mol. The number of nitrogens with zero attached hydrogens (tertiary/aromatic N) is 1. The summed E-state index contributed by atoms with van der Waals surface area (Å²) in [4.78, 5) is 4.30. The smallest absolute Gasteiger partial charge is 0.190 e. The van der Waals surface area contributed by atoms with Gasteiger partial charge in [-0.2, -0.15) is 0 Å². The zero-order chi connectivity index (χ0) is 20.2. The molecule has 7 heteroatoms. The average Bonchev–Trinajstić information content (AvgIpc) is 3.17. The molecule has 0 aromatic heterocycles. The van der Waals surface area contributed by atoms with Crippen molar-refractivity contribution in [2.24, 2.45) is 10.4 Å². The van der Waals surface area contributed by atoms with Gasteiger partial charge in [0.1, 0.15) is 0 Å². The van der Waals surface area contributed by atoms with Gasteiger partial charge in [-0.15, -0.1) is 0 Å². The van der Waals surface area contributed by atoms with E-state index in [9.17, 15) is 5.11 Å².